The van der Waals surface area contributed by atoms with E-state index in [9.17, 15) is 0 Å². The Morgan fingerprint density at radius 3 is 1.36 bits per heavy atom. The maximum absolute atomic E-state index is 5.34. The van der Waals surface area contributed by atoms with Crippen molar-refractivity contribution >= 4 is 21.6 Å². The molecule has 2 aromatic carbocycles. The van der Waals surface area contributed by atoms with E-state index in [4.69, 9.17) is 22.3 Å². The number of hydrogen-bond acceptors (Lipinski definition) is 4. The summed E-state index contributed by atoms with van der Waals surface area (Å²) in [6, 6.07) is 15.7. The molecule has 0 saturated heterocycles. The van der Waals surface area contributed by atoms with Crippen LogP contribution in [0.15, 0.2) is 58.3 Å². The van der Waals surface area contributed by atoms with Crippen molar-refractivity contribution in [2.45, 2.75) is 9.79 Å². The second-order valence-corrected chi connectivity index (χ2v) is 6.37. The zero-order valence-corrected chi connectivity index (χ0v) is 13.5. The fraction of sp³-hybridized carbons (Fsp3) is 0.111. The molecule has 0 bridgehead atoms. The highest BCUT2D eigenvalue weighted by molar-refractivity contribution is 8.76. The molecule has 110 valence electrons. The molecule has 0 aromatic heterocycles. The van der Waals surface area contributed by atoms with Gasteiger partial charge in [-0.3, -0.25) is 0 Å². The van der Waals surface area contributed by atoms with Crippen LogP contribution < -0.4 is 9.47 Å². The minimum atomic E-state index is 0.287. The monoisotopic (exact) mass is 326 g/mol. The first-order valence-electron chi connectivity index (χ1n) is 6.49. The quantitative estimate of drug-likeness (QED) is 0.550. The Morgan fingerprint density at radius 2 is 1.05 bits per heavy atom. The molecule has 0 atom stereocenters. The minimum absolute atomic E-state index is 0.287. The van der Waals surface area contributed by atoms with Crippen LogP contribution in [0.4, 0.5) is 0 Å². The molecular weight excluding hydrogens is 312 g/mol. The Bertz CT molecular complexity index is 603. The molecule has 0 aliphatic carbocycles. The van der Waals surface area contributed by atoms with Crippen molar-refractivity contribution < 1.29 is 9.47 Å². The summed E-state index contributed by atoms with van der Waals surface area (Å²) in [6.07, 6.45) is 10.3. The third-order valence-electron chi connectivity index (χ3n) is 2.53. The highest BCUT2D eigenvalue weighted by Crippen LogP contribution is 2.38. The van der Waals surface area contributed by atoms with Gasteiger partial charge in [0, 0.05) is 9.79 Å². The summed E-state index contributed by atoms with van der Waals surface area (Å²) in [5.74, 6) is 6.44. The lowest BCUT2D eigenvalue weighted by Crippen LogP contribution is -1.92. The summed E-state index contributed by atoms with van der Waals surface area (Å²) in [4.78, 5) is 2.29. The Balaban J connectivity index is 1.84. The van der Waals surface area contributed by atoms with E-state index >= 15 is 0 Å². The molecule has 0 spiro atoms. The van der Waals surface area contributed by atoms with Crippen LogP contribution in [0.3, 0.4) is 0 Å². The SMILES string of the molecule is C#CCOc1ccc(SSc2ccc(OCC#C)cc2)cc1. The van der Waals surface area contributed by atoms with Crippen molar-refractivity contribution in [2.75, 3.05) is 13.2 Å². The molecule has 0 amide bonds. The van der Waals surface area contributed by atoms with Crippen molar-refractivity contribution in [3.8, 4) is 36.2 Å². The van der Waals surface area contributed by atoms with Gasteiger partial charge in [-0.2, -0.15) is 0 Å². The number of ether oxygens (including phenoxy) is 2. The lowest BCUT2D eigenvalue weighted by atomic mass is 10.3. The molecule has 0 unspecified atom stereocenters. The van der Waals surface area contributed by atoms with Crippen LogP contribution in [0.1, 0.15) is 0 Å². The van der Waals surface area contributed by atoms with Gasteiger partial charge in [0.05, 0.1) is 0 Å². The van der Waals surface area contributed by atoms with Crippen molar-refractivity contribution in [1.82, 2.24) is 0 Å². The predicted octanol–water partition coefficient (Wildman–Crippen LogP) is 4.51. The smallest absolute Gasteiger partial charge is 0.148 e. The first-order valence-corrected chi connectivity index (χ1v) is 8.64. The first kappa shape index (κ1) is 16.2. The normalized spacial score (nSPS) is 9.55. The van der Waals surface area contributed by atoms with E-state index < -0.39 is 0 Å². The van der Waals surface area contributed by atoms with E-state index in [-0.39, 0.29) is 13.2 Å². The Morgan fingerprint density at radius 1 is 0.682 bits per heavy atom. The highest BCUT2D eigenvalue weighted by atomic mass is 33.1. The van der Waals surface area contributed by atoms with Crippen LogP contribution >= 0.6 is 21.6 Å². The Labute approximate surface area is 139 Å². The minimum Gasteiger partial charge on any atom is -0.481 e. The zero-order chi connectivity index (χ0) is 15.6. The number of terminal acetylenes is 2. The van der Waals surface area contributed by atoms with Gasteiger partial charge in [0.15, 0.2) is 0 Å². The molecular formula is C18H14O2S2. The van der Waals surface area contributed by atoms with E-state index in [0.29, 0.717) is 0 Å². The molecule has 0 heterocycles. The van der Waals surface area contributed by atoms with Gasteiger partial charge in [-0.25, -0.2) is 0 Å². The van der Waals surface area contributed by atoms with Gasteiger partial charge in [-0.1, -0.05) is 33.4 Å². The lowest BCUT2D eigenvalue weighted by molar-refractivity contribution is 0.370. The number of rotatable bonds is 7. The zero-order valence-electron chi connectivity index (χ0n) is 11.8. The van der Waals surface area contributed by atoms with E-state index in [1.54, 1.807) is 21.6 Å². The van der Waals surface area contributed by atoms with Gasteiger partial charge in [-0.15, -0.1) is 12.8 Å². The van der Waals surface area contributed by atoms with Gasteiger partial charge in [0.1, 0.15) is 24.7 Å². The van der Waals surface area contributed by atoms with Gasteiger partial charge in [-0.05, 0) is 48.5 Å². The third kappa shape index (κ3) is 5.33. The largest absolute Gasteiger partial charge is 0.481 e. The molecule has 4 heteroatoms. The topological polar surface area (TPSA) is 18.5 Å². The number of hydrogen-bond donors (Lipinski definition) is 0. The van der Waals surface area contributed by atoms with Crippen LogP contribution in [-0.2, 0) is 0 Å². The van der Waals surface area contributed by atoms with Gasteiger partial charge in [0.25, 0.3) is 0 Å². The van der Waals surface area contributed by atoms with E-state index in [1.807, 2.05) is 48.5 Å². The van der Waals surface area contributed by atoms with Gasteiger partial charge >= 0.3 is 0 Å². The summed E-state index contributed by atoms with van der Waals surface area (Å²) in [7, 11) is 3.35. The molecule has 0 aliphatic rings. The Kier molecular flexibility index (Phi) is 6.64. The molecule has 22 heavy (non-hydrogen) atoms. The van der Waals surface area contributed by atoms with Crippen LogP contribution in [-0.4, -0.2) is 13.2 Å². The van der Waals surface area contributed by atoms with Crippen LogP contribution in [0.25, 0.3) is 0 Å². The molecule has 2 rings (SSSR count). The standard InChI is InChI=1S/C18H14O2S2/c1-3-13-19-15-5-9-17(10-6-15)21-22-18-11-7-16(8-12-18)20-14-4-2/h1-2,5-12H,13-14H2. The van der Waals surface area contributed by atoms with Crippen LogP contribution in [0, 0.1) is 24.7 Å². The highest BCUT2D eigenvalue weighted by Gasteiger charge is 2.00. The summed E-state index contributed by atoms with van der Waals surface area (Å²) in [6.45, 7) is 0.574. The second-order valence-electron chi connectivity index (χ2n) is 4.10. The molecule has 0 saturated carbocycles. The molecule has 0 fully saturated rings. The summed E-state index contributed by atoms with van der Waals surface area (Å²) in [5.41, 5.74) is 0. The Hall–Kier alpha value is -2.14. The number of benzene rings is 2. The van der Waals surface area contributed by atoms with Gasteiger partial charge in [0.2, 0.25) is 0 Å². The molecule has 2 nitrogen and oxygen atoms in total. The van der Waals surface area contributed by atoms with E-state index in [1.165, 1.54) is 0 Å². The van der Waals surface area contributed by atoms with Gasteiger partial charge < -0.3 is 9.47 Å². The lowest BCUT2D eigenvalue weighted by Gasteiger charge is -2.05. The van der Waals surface area contributed by atoms with Crippen LogP contribution in [0.2, 0.25) is 0 Å². The predicted molar refractivity (Wildman–Crippen MR) is 93.3 cm³/mol. The molecule has 2 aromatic rings. The molecule has 0 aliphatic heterocycles. The first-order chi connectivity index (χ1) is 10.8. The fourth-order valence-electron chi connectivity index (χ4n) is 1.53. The second kappa shape index (κ2) is 9.00. The van der Waals surface area contributed by atoms with Crippen molar-refractivity contribution in [3.63, 3.8) is 0 Å². The maximum Gasteiger partial charge on any atom is 0.148 e. The summed E-state index contributed by atoms with van der Waals surface area (Å²) in [5, 5.41) is 0. The maximum atomic E-state index is 5.34. The van der Waals surface area contributed by atoms with Crippen molar-refractivity contribution in [1.29, 1.82) is 0 Å². The third-order valence-corrected chi connectivity index (χ3v) is 4.94. The summed E-state index contributed by atoms with van der Waals surface area (Å²) < 4.78 is 10.7. The molecule has 0 radical (unpaired) electrons. The average Bonchev–Trinajstić information content (AvgIpc) is 2.58. The summed E-state index contributed by atoms with van der Waals surface area (Å²) >= 11 is 0. The van der Waals surface area contributed by atoms with Crippen molar-refractivity contribution in [2.24, 2.45) is 0 Å². The van der Waals surface area contributed by atoms with Crippen molar-refractivity contribution in [3.05, 3.63) is 48.5 Å². The van der Waals surface area contributed by atoms with E-state index in [0.717, 1.165) is 21.3 Å². The van der Waals surface area contributed by atoms with Crippen LogP contribution in [0.5, 0.6) is 11.5 Å². The molecule has 0 N–H and O–H groups in total. The fourth-order valence-corrected chi connectivity index (χ4v) is 3.46. The van der Waals surface area contributed by atoms with E-state index in [2.05, 4.69) is 11.8 Å². The average molecular weight is 326 g/mol.